The fourth-order valence-electron chi connectivity index (χ4n) is 1.98. The Labute approximate surface area is 105 Å². The molecule has 1 aliphatic heterocycles. The zero-order valence-electron chi connectivity index (χ0n) is 10.4. The molecule has 2 atom stereocenters. The number of likely N-dealkylation sites (N-methyl/N-ethyl adjacent to an activating group) is 1. The molecule has 4 nitrogen and oxygen atoms in total. The number of rotatable bonds is 3. The molecule has 1 heterocycles. The highest BCUT2D eigenvalue weighted by Gasteiger charge is 2.30. The number of nitrogens with zero attached hydrogens (tertiary/aromatic N) is 1. The number of benzene rings is 1. The van der Waals surface area contributed by atoms with E-state index in [0.29, 0.717) is 18.7 Å². The second kappa shape index (κ2) is 4.94. The molecule has 1 amide bonds. The summed E-state index contributed by atoms with van der Waals surface area (Å²) >= 11 is 0. The summed E-state index contributed by atoms with van der Waals surface area (Å²) in [6.07, 6.45) is -0.792. The first-order chi connectivity index (χ1) is 8.49. The fraction of sp³-hybridized carbons (Fsp3) is 0.462. The summed E-state index contributed by atoms with van der Waals surface area (Å²) in [5, 5.41) is 9.31. The van der Waals surface area contributed by atoms with Crippen molar-refractivity contribution >= 4 is 5.91 Å². The second-order valence-corrected chi connectivity index (χ2v) is 4.51. The van der Waals surface area contributed by atoms with Gasteiger partial charge in [0.1, 0.15) is 11.6 Å². The molecule has 1 saturated heterocycles. The van der Waals surface area contributed by atoms with Crippen LogP contribution in [0, 0.1) is 5.82 Å². The van der Waals surface area contributed by atoms with Crippen molar-refractivity contribution in [3.05, 3.63) is 29.6 Å². The van der Waals surface area contributed by atoms with Crippen molar-refractivity contribution in [3.63, 3.8) is 0 Å². The van der Waals surface area contributed by atoms with Crippen LogP contribution >= 0.6 is 0 Å². The molecule has 98 valence electrons. The molecule has 2 rings (SSSR count). The Morgan fingerprint density at radius 3 is 2.78 bits per heavy atom. The normalized spacial score (nSPS) is 21.2. The predicted octanol–water partition coefficient (Wildman–Crippen LogP) is 1.49. The van der Waals surface area contributed by atoms with E-state index in [1.54, 1.807) is 18.0 Å². The summed E-state index contributed by atoms with van der Waals surface area (Å²) in [5.41, 5.74) is 0.220. The topological polar surface area (TPSA) is 49.8 Å². The first kappa shape index (κ1) is 12.8. The van der Waals surface area contributed by atoms with Crippen molar-refractivity contribution in [1.82, 2.24) is 4.90 Å². The zero-order chi connectivity index (χ0) is 13.3. The van der Waals surface area contributed by atoms with E-state index < -0.39 is 18.0 Å². The van der Waals surface area contributed by atoms with Crippen LogP contribution in [-0.2, 0) is 4.79 Å². The average molecular weight is 253 g/mol. The van der Waals surface area contributed by atoms with Crippen LogP contribution in [0.2, 0.25) is 0 Å². The van der Waals surface area contributed by atoms with Crippen LogP contribution in [0.15, 0.2) is 18.2 Å². The Kier molecular flexibility index (Phi) is 3.52. The third kappa shape index (κ3) is 2.46. The first-order valence-electron chi connectivity index (χ1n) is 5.88. The molecular formula is C13H16FNO3. The molecule has 1 unspecified atom stereocenters. The lowest BCUT2D eigenvalue weighted by Crippen LogP contribution is -2.29. The van der Waals surface area contributed by atoms with Crippen LogP contribution in [0.1, 0.15) is 25.0 Å². The fourth-order valence-corrected chi connectivity index (χ4v) is 1.98. The molecule has 1 aliphatic rings. The van der Waals surface area contributed by atoms with E-state index in [2.05, 4.69) is 0 Å². The highest BCUT2D eigenvalue weighted by molar-refractivity contribution is 5.83. The summed E-state index contributed by atoms with van der Waals surface area (Å²) in [6, 6.07) is 4.24. The molecule has 0 bridgehead atoms. The molecule has 0 saturated carbocycles. The zero-order valence-corrected chi connectivity index (χ0v) is 10.4. The number of carbonyl (C=O) groups excluding carboxylic acids is 1. The van der Waals surface area contributed by atoms with Gasteiger partial charge in [0, 0.05) is 31.6 Å². The number of carbonyl (C=O) groups is 1. The maximum Gasteiger partial charge on any atom is 0.263 e. The molecule has 0 aliphatic carbocycles. The number of hydrogen-bond acceptors (Lipinski definition) is 3. The van der Waals surface area contributed by atoms with Gasteiger partial charge in [-0.3, -0.25) is 4.79 Å². The Morgan fingerprint density at radius 2 is 2.28 bits per heavy atom. The Bertz CT molecular complexity index is 462. The molecule has 1 N–H and O–H groups in total. The van der Waals surface area contributed by atoms with Crippen LogP contribution in [-0.4, -0.2) is 35.6 Å². The van der Waals surface area contributed by atoms with Crippen LogP contribution in [0.4, 0.5) is 4.39 Å². The van der Waals surface area contributed by atoms with Crippen LogP contribution in [0.3, 0.4) is 0 Å². The van der Waals surface area contributed by atoms with Crippen LogP contribution < -0.4 is 4.74 Å². The molecule has 0 spiro atoms. The average Bonchev–Trinajstić information content (AvgIpc) is 2.61. The molecule has 1 aromatic rings. The van der Waals surface area contributed by atoms with Gasteiger partial charge in [-0.1, -0.05) is 0 Å². The molecule has 0 aromatic heterocycles. The molecule has 5 heteroatoms. The summed E-state index contributed by atoms with van der Waals surface area (Å²) in [6.45, 7) is 2.14. The van der Waals surface area contributed by atoms with E-state index in [9.17, 15) is 14.3 Å². The Hall–Kier alpha value is -1.62. The molecule has 18 heavy (non-hydrogen) atoms. The van der Waals surface area contributed by atoms with E-state index in [-0.39, 0.29) is 11.5 Å². The van der Waals surface area contributed by atoms with Gasteiger partial charge >= 0.3 is 0 Å². The number of likely N-dealkylation sites (tertiary alicyclic amines) is 1. The standard InChI is InChI=1S/C13H16FNO3/c1-8(16)10-4-3-9(7-11(10)14)18-12-5-6-15(2)13(12)17/h3-4,7-8,12,16H,5-6H2,1-2H3/t8-,12?/m1/s1. The minimum absolute atomic E-state index is 0.0880. The number of aliphatic hydroxyl groups excluding tert-OH is 1. The SMILES string of the molecule is C[C@@H](O)c1ccc(OC2CCN(C)C2=O)cc1F. The minimum atomic E-state index is -0.863. The van der Waals surface area contributed by atoms with E-state index in [1.807, 2.05) is 0 Å². The van der Waals surface area contributed by atoms with Gasteiger partial charge in [-0.2, -0.15) is 0 Å². The monoisotopic (exact) mass is 253 g/mol. The van der Waals surface area contributed by atoms with E-state index in [0.717, 1.165) is 0 Å². The van der Waals surface area contributed by atoms with Gasteiger partial charge in [0.25, 0.3) is 5.91 Å². The summed E-state index contributed by atoms with van der Waals surface area (Å²) in [7, 11) is 1.71. The lowest BCUT2D eigenvalue weighted by Gasteiger charge is -2.14. The van der Waals surface area contributed by atoms with Gasteiger partial charge in [-0.25, -0.2) is 4.39 Å². The van der Waals surface area contributed by atoms with E-state index in [4.69, 9.17) is 4.74 Å². The smallest absolute Gasteiger partial charge is 0.263 e. The molecular weight excluding hydrogens is 237 g/mol. The van der Waals surface area contributed by atoms with Gasteiger partial charge in [0.2, 0.25) is 0 Å². The molecule has 0 radical (unpaired) electrons. The summed E-state index contributed by atoms with van der Waals surface area (Å²) in [5.74, 6) is -0.304. The van der Waals surface area contributed by atoms with Crippen LogP contribution in [0.5, 0.6) is 5.75 Å². The molecule has 1 fully saturated rings. The number of halogens is 1. The van der Waals surface area contributed by atoms with Gasteiger partial charge in [0.05, 0.1) is 6.10 Å². The van der Waals surface area contributed by atoms with Crippen molar-refractivity contribution in [3.8, 4) is 5.75 Å². The van der Waals surface area contributed by atoms with Gasteiger partial charge in [0.15, 0.2) is 6.10 Å². The third-order valence-electron chi connectivity index (χ3n) is 3.08. The van der Waals surface area contributed by atoms with Crippen molar-refractivity contribution in [1.29, 1.82) is 0 Å². The number of amides is 1. The maximum atomic E-state index is 13.6. The van der Waals surface area contributed by atoms with Crippen molar-refractivity contribution in [2.75, 3.05) is 13.6 Å². The van der Waals surface area contributed by atoms with Gasteiger partial charge < -0.3 is 14.7 Å². The third-order valence-corrected chi connectivity index (χ3v) is 3.08. The van der Waals surface area contributed by atoms with E-state index in [1.165, 1.54) is 19.1 Å². The summed E-state index contributed by atoms with van der Waals surface area (Å²) in [4.78, 5) is 13.2. The van der Waals surface area contributed by atoms with Crippen molar-refractivity contribution in [2.24, 2.45) is 0 Å². The highest BCUT2D eigenvalue weighted by Crippen LogP contribution is 2.24. The van der Waals surface area contributed by atoms with Crippen molar-refractivity contribution < 1.29 is 19.0 Å². The summed E-state index contributed by atoms with van der Waals surface area (Å²) < 4.78 is 19.1. The quantitative estimate of drug-likeness (QED) is 0.887. The lowest BCUT2D eigenvalue weighted by molar-refractivity contribution is -0.132. The van der Waals surface area contributed by atoms with Crippen molar-refractivity contribution in [2.45, 2.75) is 25.6 Å². The number of aliphatic hydroxyl groups is 1. The number of ether oxygens (including phenoxy) is 1. The Morgan fingerprint density at radius 1 is 1.56 bits per heavy atom. The largest absolute Gasteiger partial charge is 0.480 e. The maximum absolute atomic E-state index is 13.6. The van der Waals surface area contributed by atoms with Gasteiger partial charge in [-0.15, -0.1) is 0 Å². The van der Waals surface area contributed by atoms with E-state index >= 15 is 0 Å². The first-order valence-corrected chi connectivity index (χ1v) is 5.88. The Balaban J connectivity index is 2.11. The van der Waals surface area contributed by atoms with Crippen LogP contribution in [0.25, 0.3) is 0 Å². The lowest BCUT2D eigenvalue weighted by atomic mass is 10.1. The second-order valence-electron chi connectivity index (χ2n) is 4.51. The minimum Gasteiger partial charge on any atom is -0.480 e. The predicted molar refractivity (Wildman–Crippen MR) is 63.7 cm³/mol. The number of hydrogen-bond donors (Lipinski definition) is 1. The highest BCUT2D eigenvalue weighted by atomic mass is 19.1. The van der Waals surface area contributed by atoms with Gasteiger partial charge in [-0.05, 0) is 19.1 Å². The molecule has 1 aromatic carbocycles.